The third kappa shape index (κ3) is 6.57. The molecule has 0 aromatic heterocycles. The SMILES string of the molecule is CCCC(C)(N)C(=O)NCC(C)Cc1ccc(OC)c(OC)c1.Cl. The van der Waals surface area contributed by atoms with Crippen molar-refractivity contribution in [3.63, 3.8) is 0 Å². The molecule has 0 aliphatic carbocycles. The molecule has 0 aliphatic rings. The molecule has 0 saturated carbocycles. The zero-order chi connectivity index (χ0) is 17.5. The second-order valence-corrected chi connectivity index (χ2v) is 6.38. The van der Waals surface area contributed by atoms with Crippen LogP contribution in [0.15, 0.2) is 18.2 Å². The number of nitrogens with two attached hydrogens (primary N) is 1. The van der Waals surface area contributed by atoms with E-state index in [0.29, 0.717) is 18.9 Å². The Morgan fingerprint density at radius 3 is 2.46 bits per heavy atom. The summed E-state index contributed by atoms with van der Waals surface area (Å²) in [6.45, 7) is 6.51. The molecule has 0 aliphatic heterocycles. The van der Waals surface area contributed by atoms with Gasteiger partial charge in [0.05, 0.1) is 19.8 Å². The summed E-state index contributed by atoms with van der Waals surface area (Å²) < 4.78 is 10.6. The number of methoxy groups -OCH3 is 2. The van der Waals surface area contributed by atoms with Crippen molar-refractivity contribution in [2.45, 2.75) is 45.6 Å². The largest absolute Gasteiger partial charge is 0.493 e. The Labute approximate surface area is 151 Å². The molecule has 1 aromatic rings. The van der Waals surface area contributed by atoms with Gasteiger partial charge in [-0.1, -0.05) is 26.3 Å². The summed E-state index contributed by atoms with van der Waals surface area (Å²) in [5.41, 5.74) is 6.39. The van der Waals surface area contributed by atoms with E-state index in [-0.39, 0.29) is 18.3 Å². The molecule has 2 atom stereocenters. The van der Waals surface area contributed by atoms with Crippen LogP contribution >= 0.6 is 12.4 Å². The molecule has 1 rings (SSSR count). The van der Waals surface area contributed by atoms with Crippen molar-refractivity contribution in [1.29, 1.82) is 0 Å². The van der Waals surface area contributed by atoms with E-state index in [4.69, 9.17) is 15.2 Å². The Morgan fingerprint density at radius 2 is 1.92 bits per heavy atom. The number of nitrogens with one attached hydrogen (secondary N) is 1. The fourth-order valence-electron chi connectivity index (χ4n) is 2.58. The Kier molecular flexibility index (Phi) is 9.78. The van der Waals surface area contributed by atoms with Gasteiger partial charge in [0.1, 0.15) is 0 Å². The fourth-order valence-corrected chi connectivity index (χ4v) is 2.58. The Morgan fingerprint density at radius 1 is 1.29 bits per heavy atom. The second-order valence-electron chi connectivity index (χ2n) is 6.38. The highest BCUT2D eigenvalue weighted by atomic mass is 35.5. The van der Waals surface area contributed by atoms with Gasteiger partial charge in [0, 0.05) is 6.54 Å². The molecule has 6 heteroatoms. The molecule has 3 N–H and O–H groups in total. The zero-order valence-corrected chi connectivity index (χ0v) is 16.2. The highest BCUT2D eigenvalue weighted by molar-refractivity contribution is 5.85. The molecule has 1 aromatic carbocycles. The summed E-state index contributed by atoms with van der Waals surface area (Å²) in [5.74, 6) is 1.65. The van der Waals surface area contributed by atoms with Crippen molar-refractivity contribution in [2.24, 2.45) is 11.7 Å². The van der Waals surface area contributed by atoms with Crippen molar-refractivity contribution < 1.29 is 14.3 Å². The average molecular weight is 359 g/mol. The molecule has 1 amide bonds. The summed E-state index contributed by atoms with van der Waals surface area (Å²) in [4.78, 5) is 12.1. The van der Waals surface area contributed by atoms with Gasteiger partial charge in [0.15, 0.2) is 11.5 Å². The number of carbonyl (C=O) groups excluding carboxylic acids is 1. The molecule has 24 heavy (non-hydrogen) atoms. The van der Waals surface area contributed by atoms with E-state index >= 15 is 0 Å². The zero-order valence-electron chi connectivity index (χ0n) is 15.3. The molecular weight excluding hydrogens is 328 g/mol. The normalized spacial score (nSPS) is 14.1. The molecule has 5 nitrogen and oxygen atoms in total. The molecule has 0 radical (unpaired) electrons. The Hall–Kier alpha value is -1.46. The van der Waals surface area contributed by atoms with Crippen LogP contribution < -0.4 is 20.5 Å². The van der Waals surface area contributed by atoms with Crippen molar-refractivity contribution >= 4 is 18.3 Å². The first-order valence-corrected chi connectivity index (χ1v) is 8.12. The molecule has 0 fully saturated rings. The standard InChI is InChI=1S/C18H30N2O3.ClH/c1-6-9-18(3,19)17(21)20-12-13(2)10-14-7-8-15(22-4)16(11-14)23-5;/h7-8,11,13H,6,9-10,12,19H2,1-5H3,(H,20,21);1H. The Balaban J connectivity index is 0.00000529. The van der Waals surface area contributed by atoms with Crippen molar-refractivity contribution in [3.8, 4) is 11.5 Å². The monoisotopic (exact) mass is 358 g/mol. The van der Waals surface area contributed by atoms with Gasteiger partial charge in [-0.05, 0) is 43.4 Å². The molecule has 2 unspecified atom stereocenters. The van der Waals surface area contributed by atoms with E-state index in [0.717, 1.165) is 29.9 Å². The minimum Gasteiger partial charge on any atom is -0.493 e. The maximum atomic E-state index is 12.1. The van der Waals surface area contributed by atoms with Gasteiger partial charge < -0.3 is 20.5 Å². The lowest BCUT2D eigenvalue weighted by molar-refractivity contribution is -0.126. The summed E-state index contributed by atoms with van der Waals surface area (Å²) >= 11 is 0. The first-order chi connectivity index (χ1) is 10.8. The highest BCUT2D eigenvalue weighted by Crippen LogP contribution is 2.28. The minimum absolute atomic E-state index is 0. The number of rotatable bonds is 9. The molecule has 0 heterocycles. The Bertz CT molecular complexity index is 521. The van der Waals surface area contributed by atoms with Gasteiger partial charge in [-0.15, -0.1) is 12.4 Å². The predicted octanol–water partition coefficient (Wildman–Crippen LogP) is 2.94. The quantitative estimate of drug-likeness (QED) is 0.711. The first-order valence-electron chi connectivity index (χ1n) is 8.12. The number of ether oxygens (including phenoxy) is 2. The van der Waals surface area contributed by atoms with Crippen LogP contribution in [0, 0.1) is 5.92 Å². The van der Waals surface area contributed by atoms with Crippen LogP contribution in [0.25, 0.3) is 0 Å². The van der Waals surface area contributed by atoms with Crippen LogP contribution in [0.4, 0.5) is 0 Å². The average Bonchev–Trinajstić information content (AvgIpc) is 2.52. The van der Waals surface area contributed by atoms with Crippen LogP contribution in [0.5, 0.6) is 11.5 Å². The summed E-state index contributed by atoms with van der Waals surface area (Å²) in [7, 11) is 3.25. The van der Waals surface area contributed by atoms with Crippen LogP contribution in [-0.4, -0.2) is 32.2 Å². The van der Waals surface area contributed by atoms with E-state index in [1.807, 2.05) is 25.1 Å². The topological polar surface area (TPSA) is 73.6 Å². The molecule has 0 spiro atoms. The van der Waals surface area contributed by atoms with E-state index in [1.165, 1.54) is 0 Å². The number of amides is 1. The van der Waals surface area contributed by atoms with Crippen molar-refractivity contribution in [2.75, 3.05) is 20.8 Å². The van der Waals surface area contributed by atoms with E-state index in [2.05, 4.69) is 12.2 Å². The fraction of sp³-hybridized carbons (Fsp3) is 0.611. The van der Waals surface area contributed by atoms with E-state index in [9.17, 15) is 4.79 Å². The number of halogens is 1. The van der Waals surface area contributed by atoms with Crippen LogP contribution in [-0.2, 0) is 11.2 Å². The summed E-state index contributed by atoms with van der Waals surface area (Å²) in [6, 6.07) is 5.89. The van der Waals surface area contributed by atoms with Gasteiger partial charge in [-0.2, -0.15) is 0 Å². The van der Waals surface area contributed by atoms with Gasteiger partial charge in [-0.3, -0.25) is 4.79 Å². The number of hydrogen-bond donors (Lipinski definition) is 2. The highest BCUT2D eigenvalue weighted by Gasteiger charge is 2.27. The smallest absolute Gasteiger partial charge is 0.239 e. The molecule has 0 saturated heterocycles. The van der Waals surface area contributed by atoms with Gasteiger partial charge in [0.25, 0.3) is 0 Å². The number of benzene rings is 1. The maximum absolute atomic E-state index is 12.1. The molecule has 0 bridgehead atoms. The number of carbonyl (C=O) groups is 1. The van der Waals surface area contributed by atoms with E-state index < -0.39 is 5.54 Å². The summed E-state index contributed by atoms with van der Waals surface area (Å²) in [5, 5.41) is 2.96. The van der Waals surface area contributed by atoms with E-state index in [1.54, 1.807) is 21.1 Å². The second kappa shape index (κ2) is 10.4. The van der Waals surface area contributed by atoms with Crippen LogP contribution in [0.3, 0.4) is 0 Å². The molecular formula is C18H31ClN2O3. The maximum Gasteiger partial charge on any atom is 0.239 e. The van der Waals surface area contributed by atoms with Gasteiger partial charge >= 0.3 is 0 Å². The lowest BCUT2D eigenvalue weighted by Crippen LogP contribution is -2.52. The molecule has 138 valence electrons. The number of hydrogen-bond acceptors (Lipinski definition) is 4. The first kappa shape index (κ1) is 22.5. The third-order valence-corrected chi connectivity index (χ3v) is 3.93. The van der Waals surface area contributed by atoms with Crippen LogP contribution in [0.2, 0.25) is 0 Å². The van der Waals surface area contributed by atoms with Crippen molar-refractivity contribution in [3.05, 3.63) is 23.8 Å². The van der Waals surface area contributed by atoms with Gasteiger partial charge in [-0.25, -0.2) is 0 Å². The predicted molar refractivity (Wildman–Crippen MR) is 100 cm³/mol. The van der Waals surface area contributed by atoms with Crippen LogP contribution in [0.1, 0.15) is 39.2 Å². The minimum atomic E-state index is -0.794. The lowest BCUT2D eigenvalue weighted by atomic mass is 9.95. The van der Waals surface area contributed by atoms with Gasteiger partial charge in [0.2, 0.25) is 5.91 Å². The summed E-state index contributed by atoms with van der Waals surface area (Å²) in [6.07, 6.45) is 2.42. The third-order valence-electron chi connectivity index (χ3n) is 3.93. The van der Waals surface area contributed by atoms with Crippen molar-refractivity contribution in [1.82, 2.24) is 5.32 Å². The lowest BCUT2D eigenvalue weighted by Gasteiger charge is -2.24.